The third-order valence-corrected chi connectivity index (χ3v) is 5.04. The number of anilines is 2. The molecule has 1 aliphatic heterocycles. The van der Waals surface area contributed by atoms with Crippen LogP contribution < -0.4 is 11.1 Å². The minimum absolute atomic E-state index is 0.784. The molecule has 0 saturated carbocycles. The van der Waals surface area contributed by atoms with Gasteiger partial charge >= 0.3 is 0 Å². The molecule has 1 aromatic carbocycles. The molecule has 0 unspecified atom stereocenters. The van der Waals surface area contributed by atoms with Gasteiger partial charge in [0.25, 0.3) is 0 Å². The molecule has 1 aliphatic rings. The van der Waals surface area contributed by atoms with Crippen molar-refractivity contribution in [3.63, 3.8) is 0 Å². The molecule has 108 valence electrons. The van der Waals surface area contributed by atoms with Crippen LogP contribution in [0.5, 0.6) is 0 Å². The second-order valence-electron chi connectivity index (χ2n) is 5.69. The number of nitrogens with one attached hydrogen (secondary N) is 1. The number of thiazole rings is 1. The quantitative estimate of drug-likeness (QED) is 0.850. The molecule has 3 N–H and O–H groups in total. The zero-order chi connectivity index (χ0) is 13.9. The van der Waals surface area contributed by atoms with Crippen molar-refractivity contribution in [2.24, 2.45) is 5.92 Å². The summed E-state index contributed by atoms with van der Waals surface area (Å²) in [6.45, 7) is 3.46. The molecule has 0 amide bonds. The van der Waals surface area contributed by atoms with Crippen LogP contribution in [0.15, 0.2) is 17.6 Å². The van der Waals surface area contributed by atoms with E-state index in [2.05, 4.69) is 34.4 Å². The van der Waals surface area contributed by atoms with Crippen molar-refractivity contribution < 1.29 is 0 Å². The summed E-state index contributed by atoms with van der Waals surface area (Å²) in [5.41, 5.74) is 10.8. The van der Waals surface area contributed by atoms with E-state index in [-0.39, 0.29) is 0 Å². The molecule has 3 rings (SSSR count). The monoisotopic (exact) mass is 290 g/mol. The summed E-state index contributed by atoms with van der Waals surface area (Å²) in [6, 6.07) is 4.17. The van der Waals surface area contributed by atoms with E-state index in [1.165, 1.54) is 32.4 Å². The van der Waals surface area contributed by atoms with Crippen LogP contribution in [0.2, 0.25) is 0 Å². The smallest absolute Gasteiger partial charge is 0.106 e. The molecule has 20 heavy (non-hydrogen) atoms. The Morgan fingerprint density at radius 2 is 2.20 bits per heavy atom. The average Bonchev–Trinajstić information content (AvgIpc) is 2.93. The van der Waals surface area contributed by atoms with Crippen LogP contribution in [0.1, 0.15) is 19.3 Å². The van der Waals surface area contributed by atoms with Gasteiger partial charge in [-0.15, -0.1) is 11.3 Å². The second kappa shape index (κ2) is 5.97. The zero-order valence-corrected chi connectivity index (χ0v) is 12.7. The minimum Gasteiger partial charge on any atom is -0.395 e. The van der Waals surface area contributed by atoms with E-state index in [0.717, 1.165) is 34.1 Å². The highest BCUT2D eigenvalue weighted by atomic mass is 32.1. The number of likely N-dealkylation sites (tertiary alicyclic amines) is 1. The van der Waals surface area contributed by atoms with Gasteiger partial charge in [0.1, 0.15) is 5.52 Å². The number of nitrogens with two attached hydrogens (primary N) is 1. The van der Waals surface area contributed by atoms with Crippen LogP contribution in [0, 0.1) is 5.92 Å². The normalized spacial score (nSPS) is 17.6. The predicted octanol–water partition coefficient (Wildman–Crippen LogP) is 3.02. The largest absolute Gasteiger partial charge is 0.395 e. The van der Waals surface area contributed by atoms with Crippen LogP contribution in [0.25, 0.3) is 10.2 Å². The summed E-state index contributed by atoms with van der Waals surface area (Å²) in [4.78, 5) is 6.75. The maximum absolute atomic E-state index is 6.18. The molecule has 2 aromatic rings. The number of fused-ring (bicyclic) bond motifs is 1. The Bertz CT molecular complexity index is 572. The third-order valence-electron chi connectivity index (χ3n) is 4.25. The topological polar surface area (TPSA) is 54.2 Å². The fourth-order valence-corrected chi connectivity index (χ4v) is 3.56. The highest BCUT2D eigenvalue weighted by Crippen LogP contribution is 2.30. The van der Waals surface area contributed by atoms with E-state index in [4.69, 9.17) is 5.73 Å². The Labute approximate surface area is 124 Å². The lowest BCUT2D eigenvalue weighted by Gasteiger charge is -2.29. The lowest BCUT2D eigenvalue weighted by molar-refractivity contribution is 0.215. The predicted molar refractivity (Wildman–Crippen MR) is 87.4 cm³/mol. The van der Waals surface area contributed by atoms with Crippen LogP contribution in [0.4, 0.5) is 11.4 Å². The lowest BCUT2D eigenvalue weighted by atomic mass is 9.94. The first-order valence-corrected chi connectivity index (χ1v) is 8.16. The number of piperidine rings is 1. The van der Waals surface area contributed by atoms with E-state index in [9.17, 15) is 0 Å². The van der Waals surface area contributed by atoms with Gasteiger partial charge in [-0.2, -0.15) is 0 Å². The van der Waals surface area contributed by atoms with E-state index < -0.39 is 0 Å². The minimum atomic E-state index is 0.784. The number of hydrogen-bond acceptors (Lipinski definition) is 5. The van der Waals surface area contributed by atoms with Gasteiger partial charge in [0.05, 0.1) is 21.6 Å². The van der Waals surface area contributed by atoms with Crippen molar-refractivity contribution in [2.45, 2.75) is 19.3 Å². The van der Waals surface area contributed by atoms with Gasteiger partial charge < -0.3 is 16.0 Å². The fourth-order valence-electron chi connectivity index (χ4n) is 2.87. The zero-order valence-electron chi connectivity index (χ0n) is 11.9. The highest BCUT2D eigenvalue weighted by Gasteiger charge is 2.16. The summed E-state index contributed by atoms with van der Waals surface area (Å²) in [5, 5.41) is 3.48. The molecule has 0 radical (unpaired) electrons. The van der Waals surface area contributed by atoms with Gasteiger partial charge in [0, 0.05) is 6.54 Å². The van der Waals surface area contributed by atoms with Crippen LogP contribution >= 0.6 is 11.3 Å². The SMILES string of the molecule is CN1CCC(CCNc2ccc3scnc3c2N)CC1. The maximum Gasteiger partial charge on any atom is 0.106 e. The third kappa shape index (κ3) is 2.88. The lowest BCUT2D eigenvalue weighted by Crippen LogP contribution is -2.30. The molecule has 2 heterocycles. The van der Waals surface area contributed by atoms with Crippen molar-refractivity contribution in [3.8, 4) is 0 Å². The maximum atomic E-state index is 6.18. The molecule has 0 atom stereocenters. The Kier molecular flexibility index (Phi) is 4.08. The van der Waals surface area contributed by atoms with Gasteiger partial charge in [-0.1, -0.05) is 0 Å². The van der Waals surface area contributed by atoms with Gasteiger partial charge in [0.15, 0.2) is 0 Å². The van der Waals surface area contributed by atoms with Crippen LogP contribution in [0.3, 0.4) is 0 Å². The average molecular weight is 290 g/mol. The first-order valence-electron chi connectivity index (χ1n) is 7.28. The van der Waals surface area contributed by atoms with Crippen molar-refractivity contribution in [1.29, 1.82) is 0 Å². The number of nitrogen functional groups attached to an aromatic ring is 1. The number of hydrogen-bond donors (Lipinski definition) is 2. The van der Waals surface area contributed by atoms with E-state index in [1.807, 2.05) is 5.51 Å². The first-order chi connectivity index (χ1) is 9.74. The molecule has 0 spiro atoms. The van der Waals surface area contributed by atoms with Crippen molar-refractivity contribution >= 4 is 32.9 Å². The Morgan fingerprint density at radius 3 is 3.00 bits per heavy atom. The molecular formula is C15H22N4S. The highest BCUT2D eigenvalue weighted by molar-refractivity contribution is 7.16. The van der Waals surface area contributed by atoms with Gasteiger partial charge in [-0.25, -0.2) is 4.98 Å². The number of rotatable bonds is 4. The van der Waals surface area contributed by atoms with Gasteiger partial charge in [-0.3, -0.25) is 0 Å². The fraction of sp³-hybridized carbons (Fsp3) is 0.533. The molecule has 0 bridgehead atoms. The Hall–Kier alpha value is -1.33. The molecular weight excluding hydrogens is 268 g/mol. The number of benzene rings is 1. The first kappa shape index (κ1) is 13.6. The summed E-state index contributed by atoms with van der Waals surface area (Å²) in [7, 11) is 2.21. The van der Waals surface area contributed by atoms with Crippen molar-refractivity contribution in [2.75, 3.05) is 37.7 Å². The Balaban J connectivity index is 1.56. The van der Waals surface area contributed by atoms with E-state index in [0.29, 0.717) is 0 Å². The molecule has 1 aromatic heterocycles. The second-order valence-corrected chi connectivity index (χ2v) is 6.57. The molecule has 0 aliphatic carbocycles. The molecule has 4 nitrogen and oxygen atoms in total. The van der Waals surface area contributed by atoms with E-state index in [1.54, 1.807) is 11.3 Å². The molecule has 1 fully saturated rings. The van der Waals surface area contributed by atoms with Gasteiger partial charge in [-0.05, 0) is 57.5 Å². The summed E-state index contributed by atoms with van der Waals surface area (Å²) < 4.78 is 1.16. The standard InChI is InChI=1S/C15H22N4S/c1-19-8-5-11(6-9-19)4-7-17-12-2-3-13-15(14(12)16)18-10-20-13/h2-3,10-11,17H,4-9,16H2,1H3. The van der Waals surface area contributed by atoms with Gasteiger partial charge in [0.2, 0.25) is 0 Å². The van der Waals surface area contributed by atoms with Crippen LogP contribution in [-0.2, 0) is 0 Å². The van der Waals surface area contributed by atoms with Crippen molar-refractivity contribution in [1.82, 2.24) is 9.88 Å². The summed E-state index contributed by atoms with van der Waals surface area (Å²) in [6.07, 6.45) is 3.86. The number of aromatic nitrogens is 1. The summed E-state index contributed by atoms with van der Waals surface area (Å²) in [5.74, 6) is 0.850. The number of nitrogens with zero attached hydrogens (tertiary/aromatic N) is 2. The van der Waals surface area contributed by atoms with Crippen molar-refractivity contribution in [3.05, 3.63) is 17.6 Å². The molecule has 5 heteroatoms. The molecule has 1 saturated heterocycles. The van der Waals surface area contributed by atoms with E-state index >= 15 is 0 Å². The van der Waals surface area contributed by atoms with Crippen LogP contribution in [-0.4, -0.2) is 36.6 Å². The summed E-state index contributed by atoms with van der Waals surface area (Å²) >= 11 is 1.63. The Morgan fingerprint density at radius 1 is 1.40 bits per heavy atom.